The Morgan fingerprint density at radius 3 is 2.39 bits per heavy atom. The van der Waals surface area contributed by atoms with Crippen LogP contribution in [0.4, 0.5) is 0 Å². The molecule has 0 aromatic rings. The fourth-order valence-electron chi connectivity index (χ4n) is 11.0. The molecule has 10 atom stereocenters. The summed E-state index contributed by atoms with van der Waals surface area (Å²) < 4.78 is 7.22. The first-order valence-electron chi connectivity index (χ1n) is 20.4. The van der Waals surface area contributed by atoms with Crippen molar-refractivity contribution in [1.29, 1.82) is 0 Å². The molecule has 46 heavy (non-hydrogen) atoms. The van der Waals surface area contributed by atoms with E-state index in [9.17, 15) is 4.79 Å². The van der Waals surface area contributed by atoms with Crippen LogP contribution in [0.15, 0.2) is 22.8 Å². The van der Waals surface area contributed by atoms with Crippen LogP contribution < -0.4 is 5.73 Å². The van der Waals surface area contributed by atoms with Crippen molar-refractivity contribution in [1.82, 2.24) is 0 Å². The molecule has 6 rings (SSSR count). The summed E-state index contributed by atoms with van der Waals surface area (Å²) >= 11 is 0. The number of carbonyl (C=O) groups excluding carboxylic acids is 1. The van der Waals surface area contributed by atoms with Crippen molar-refractivity contribution in [3.8, 4) is 0 Å². The lowest BCUT2D eigenvalue weighted by Gasteiger charge is -2.49. The van der Waals surface area contributed by atoms with E-state index in [2.05, 4.69) is 54.5 Å². The van der Waals surface area contributed by atoms with Crippen molar-refractivity contribution in [2.45, 2.75) is 189 Å². The topological polar surface area (TPSA) is 52.3 Å². The van der Waals surface area contributed by atoms with E-state index < -0.39 is 0 Å². The first-order valence-corrected chi connectivity index (χ1v) is 20.4. The Kier molecular flexibility index (Phi) is 14.1. The number of ether oxygens (including phenoxy) is 1. The maximum atomic E-state index is 10.7. The van der Waals surface area contributed by atoms with Gasteiger partial charge in [0.05, 0.1) is 11.7 Å². The molecule has 4 fully saturated rings. The molecule has 3 nitrogen and oxygen atoms in total. The van der Waals surface area contributed by atoms with E-state index >= 15 is 0 Å². The molecule has 1 saturated heterocycles. The maximum Gasteiger partial charge on any atom is 0.132 e. The summed E-state index contributed by atoms with van der Waals surface area (Å²) in [4.78, 5) is 10.7. The number of nitrogens with two attached hydrogens (primary N) is 1. The van der Waals surface area contributed by atoms with Crippen LogP contribution in [0.3, 0.4) is 0 Å². The molecule has 0 bridgehead atoms. The first-order chi connectivity index (χ1) is 22.1. The first kappa shape index (κ1) is 37.9. The van der Waals surface area contributed by atoms with E-state index in [1.165, 1.54) is 89.9 Å². The Labute approximate surface area is 285 Å². The minimum absolute atomic E-state index is 0.0722. The van der Waals surface area contributed by atoms with Crippen LogP contribution in [0.1, 0.15) is 177 Å². The van der Waals surface area contributed by atoms with Crippen LogP contribution in [0.2, 0.25) is 0 Å². The van der Waals surface area contributed by atoms with E-state index in [4.69, 9.17) is 10.5 Å². The highest BCUT2D eigenvalue weighted by Crippen LogP contribution is 2.66. The Hall–Kier alpha value is -0.930. The summed E-state index contributed by atoms with van der Waals surface area (Å²) in [5.74, 6) is 6.32. The van der Waals surface area contributed by atoms with Gasteiger partial charge in [0.1, 0.15) is 5.78 Å². The number of rotatable bonds is 8. The predicted octanol–water partition coefficient (Wildman–Crippen LogP) is 11.8. The predicted molar refractivity (Wildman–Crippen MR) is 197 cm³/mol. The zero-order chi connectivity index (χ0) is 33.5. The lowest BCUT2D eigenvalue weighted by atomic mass is 9.55. The molecule has 0 amide bonds. The zero-order valence-corrected chi connectivity index (χ0v) is 31.7. The summed E-state index contributed by atoms with van der Waals surface area (Å²) in [6.45, 7) is 19.6. The molecular formula is C43H75NO2. The number of fused-ring (bicyclic) bond motifs is 6. The highest BCUT2D eigenvalue weighted by atomic mass is 16.5. The van der Waals surface area contributed by atoms with E-state index in [0.29, 0.717) is 29.6 Å². The summed E-state index contributed by atoms with van der Waals surface area (Å²) in [7, 11) is 0. The highest BCUT2D eigenvalue weighted by Gasteiger charge is 2.60. The Morgan fingerprint density at radius 2 is 1.72 bits per heavy atom. The van der Waals surface area contributed by atoms with E-state index in [-0.39, 0.29) is 5.60 Å². The third-order valence-corrected chi connectivity index (χ3v) is 14.4. The van der Waals surface area contributed by atoms with Gasteiger partial charge in [-0.25, -0.2) is 0 Å². The third kappa shape index (κ3) is 7.93. The van der Waals surface area contributed by atoms with Gasteiger partial charge in [0.2, 0.25) is 0 Å². The Bertz CT molecular complexity index is 1040. The molecule has 264 valence electrons. The van der Waals surface area contributed by atoms with Crippen LogP contribution in [-0.4, -0.2) is 24.0 Å². The minimum atomic E-state index is 0.0722. The van der Waals surface area contributed by atoms with Crippen LogP contribution in [0.5, 0.6) is 0 Å². The van der Waals surface area contributed by atoms with Gasteiger partial charge in [-0.2, -0.15) is 0 Å². The van der Waals surface area contributed by atoms with Crippen LogP contribution in [-0.2, 0) is 9.53 Å². The van der Waals surface area contributed by atoms with Crippen LogP contribution in [0, 0.1) is 46.8 Å². The molecule has 6 aliphatic rings. The Morgan fingerprint density at radius 1 is 0.957 bits per heavy atom. The van der Waals surface area contributed by atoms with Crippen molar-refractivity contribution < 1.29 is 9.53 Å². The van der Waals surface area contributed by atoms with Crippen LogP contribution >= 0.6 is 0 Å². The fraction of sp³-hybridized carbons (Fsp3) is 0.884. The van der Waals surface area contributed by atoms with Gasteiger partial charge in [-0.1, -0.05) is 104 Å². The average Bonchev–Trinajstić information content (AvgIpc) is 3.50. The summed E-state index contributed by atoms with van der Waals surface area (Å²) in [6.07, 6.45) is 27.1. The van der Waals surface area contributed by atoms with Gasteiger partial charge in [0, 0.05) is 12.8 Å². The zero-order valence-electron chi connectivity index (χ0n) is 31.7. The fourth-order valence-corrected chi connectivity index (χ4v) is 11.0. The van der Waals surface area contributed by atoms with Gasteiger partial charge >= 0.3 is 0 Å². The van der Waals surface area contributed by atoms with E-state index in [1.54, 1.807) is 5.57 Å². The SMILES string of the molecule is CCC(=O)CCCCCN.CCC1CCC2(C)C(=CCC3C4CCC5(OC6CC(C)CCCC6[C@H]5C)C(C)=C4CC32)C1.CCCC. The number of Topliss-reactive ketones (excluding diaryl/α,β-unsaturated/α-hetero) is 1. The molecule has 2 N–H and O–H groups in total. The molecule has 3 heteroatoms. The summed E-state index contributed by atoms with van der Waals surface area (Å²) in [5, 5.41) is 0. The maximum absolute atomic E-state index is 10.7. The molecule has 1 aliphatic heterocycles. The highest BCUT2D eigenvalue weighted by molar-refractivity contribution is 5.77. The molecule has 1 heterocycles. The van der Waals surface area contributed by atoms with Gasteiger partial charge in [-0.05, 0) is 137 Å². The van der Waals surface area contributed by atoms with Crippen molar-refractivity contribution in [2.75, 3.05) is 6.54 Å². The second kappa shape index (κ2) is 17.1. The molecule has 0 radical (unpaired) electrons. The van der Waals surface area contributed by atoms with Gasteiger partial charge in [-0.3, -0.25) is 4.79 Å². The minimum Gasteiger partial charge on any atom is -0.367 e. The number of ketones is 1. The number of hydrogen-bond donors (Lipinski definition) is 1. The normalized spacial score (nSPS) is 39.5. The van der Waals surface area contributed by atoms with Crippen molar-refractivity contribution in [2.24, 2.45) is 52.6 Å². The van der Waals surface area contributed by atoms with E-state index in [1.807, 2.05) is 18.1 Å². The Balaban J connectivity index is 0.000000290. The lowest BCUT2D eigenvalue weighted by molar-refractivity contribution is -0.118. The largest absolute Gasteiger partial charge is 0.367 e. The second-order valence-electron chi connectivity index (χ2n) is 16.9. The monoisotopic (exact) mass is 638 g/mol. The standard InChI is InChI=1S/C31H48O.C8H17NO.C4H10/c1-6-22-12-14-30(5)23(17-22)10-11-26-25-13-15-31(21(4)27(25)18-28(26)30)20(3)24-9-7-8-19(2)16-29(24)32-31;1-2-8(10)6-4-3-5-7-9;1-3-4-2/h10,19-20,22,24-26,28-29H,6-9,11-18H2,1-5H3;2-7,9H2,1H3;3-4H2,1-2H3/t19?,20-,22?,24?,25?,26?,28?,29?,30?,31?;;/m1../s1. The molecule has 9 unspecified atom stereocenters. The molecular weight excluding hydrogens is 562 g/mol. The van der Waals surface area contributed by atoms with Gasteiger partial charge in [-0.15, -0.1) is 0 Å². The van der Waals surface area contributed by atoms with Gasteiger partial charge in [0.25, 0.3) is 0 Å². The van der Waals surface area contributed by atoms with Crippen molar-refractivity contribution in [3.63, 3.8) is 0 Å². The smallest absolute Gasteiger partial charge is 0.132 e. The molecule has 3 saturated carbocycles. The molecule has 0 aromatic carbocycles. The number of unbranched alkanes of at least 4 members (excludes halogenated alkanes) is 3. The summed E-state index contributed by atoms with van der Waals surface area (Å²) in [5.41, 5.74) is 11.3. The van der Waals surface area contributed by atoms with Crippen molar-refractivity contribution >= 4 is 5.78 Å². The van der Waals surface area contributed by atoms with Crippen molar-refractivity contribution in [3.05, 3.63) is 22.8 Å². The van der Waals surface area contributed by atoms with Gasteiger partial charge in [0.15, 0.2) is 0 Å². The molecule has 1 spiro atoms. The molecule has 0 aromatic heterocycles. The third-order valence-electron chi connectivity index (χ3n) is 14.4. The number of hydrogen-bond acceptors (Lipinski definition) is 3. The summed E-state index contributed by atoms with van der Waals surface area (Å²) in [6, 6.07) is 0. The molecule has 5 aliphatic carbocycles. The average molecular weight is 638 g/mol. The lowest BCUT2D eigenvalue weighted by Crippen LogP contribution is -2.42. The second-order valence-corrected chi connectivity index (χ2v) is 16.9. The van der Waals surface area contributed by atoms with E-state index in [0.717, 1.165) is 67.7 Å². The van der Waals surface area contributed by atoms with Crippen LogP contribution in [0.25, 0.3) is 0 Å². The quantitative estimate of drug-likeness (QED) is 0.213. The number of allylic oxidation sites excluding steroid dienone is 3. The number of carbonyl (C=O) groups is 1. The van der Waals surface area contributed by atoms with Gasteiger partial charge < -0.3 is 10.5 Å².